The molecule has 0 spiro atoms. The predicted molar refractivity (Wildman–Crippen MR) is 136 cm³/mol. The lowest BCUT2D eigenvalue weighted by Gasteiger charge is -2.43. The maximum absolute atomic E-state index is 13.3. The molecule has 0 radical (unpaired) electrons. The van der Waals surface area contributed by atoms with E-state index in [2.05, 4.69) is 0 Å². The van der Waals surface area contributed by atoms with E-state index < -0.39 is 28.9 Å². The van der Waals surface area contributed by atoms with Crippen molar-refractivity contribution in [1.82, 2.24) is 4.90 Å². The number of likely N-dealkylation sites (tertiary alicyclic amines) is 1. The van der Waals surface area contributed by atoms with Crippen molar-refractivity contribution in [2.75, 3.05) is 13.1 Å². The summed E-state index contributed by atoms with van der Waals surface area (Å²) in [5, 5.41) is 0. The fourth-order valence-corrected chi connectivity index (χ4v) is 4.28. The van der Waals surface area contributed by atoms with E-state index in [1.165, 1.54) is 0 Å². The van der Waals surface area contributed by atoms with Gasteiger partial charge in [0, 0.05) is 13.1 Å². The number of nitrogens with zero attached hydrogens (tertiary/aromatic N) is 1. The lowest BCUT2D eigenvalue weighted by atomic mass is 9.69. The van der Waals surface area contributed by atoms with Gasteiger partial charge in [-0.3, -0.25) is 9.59 Å². The summed E-state index contributed by atoms with van der Waals surface area (Å²) in [6.45, 7) is 8.64. The number of carbonyl (C=O) groups is 3. The first kappa shape index (κ1) is 27.2. The summed E-state index contributed by atoms with van der Waals surface area (Å²) in [5.74, 6) is -1.56. The molecule has 1 heterocycles. The second kappa shape index (κ2) is 12.1. The highest BCUT2D eigenvalue weighted by Crippen LogP contribution is 2.41. The molecule has 1 aliphatic heterocycles. The molecule has 0 N–H and O–H groups in total. The molecule has 1 fully saturated rings. The molecule has 2 aromatic rings. The molecular formula is C29H37NO6. The van der Waals surface area contributed by atoms with E-state index in [9.17, 15) is 14.4 Å². The Morgan fingerprint density at radius 2 is 1.36 bits per heavy atom. The van der Waals surface area contributed by atoms with Crippen LogP contribution in [-0.2, 0) is 37.0 Å². The minimum Gasteiger partial charge on any atom is -0.461 e. The molecule has 2 aromatic carbocycles. The molecule has 7 heteroatoms. The molecule has 0 bridgehead atoms. The molecule has 7 nitrogen and oxygen atoms in total. The summed E-state index contributed by atoms with van der Waals surface area (Å²) >= 11 is 0. The van der Waals surface area contributed by atoms with Crippen molar-refractivity contribution in [3.8, 4) is 0 Å². The topological polar surface area (TPSA) is 82.1 Å². The summed E-state index contributed by atoms with van der Waals surface area (Å²) in [4.78, 5) is 40.3. The molecule has 1 unspecified atom stereocenters. The van der Waals surface area contributed by atoms with Gasteiger partial charge in [-0.15, -0.1) is 0 Å². The van der Waals surface area contributed by atoms with Gasteiger partial charge in [0.25, 0.3) is 0 Å². The summed E-state index contributed by atoms with van der Waals surface area (Å²) in [6, 6.07) is 18.9. The second-order valence-electron chi connectivity index (χ2n) is 10.6. The normalized spacial score (nSPS) is 16.1. The van der Waals surface area contributed by atoms with E-state index in [0.717, 1.165) is 11.1 Å². The highest BCUT2D eigenvalue weighted by atomic mass is 16.6. The van der Waals surface area contributed by atoms with Gasteiger partial charge in [0.05, 0.1) is 12.3 Å². The van der Waals surface area contributed by atoms with Crippen LogP contribution in [0.2, 0.25) is 0 Å². The Morgan fingerprint density at radius 1 is 0.861 bits per heavy atom. The van der Waals surface area contributed by atoms with Crippen molar-refractivity contribution in [2.45, 2.75) is 65.8 Å². The number of benzene rings is 2. The first-order valence-corrected chi connectivity index (χ1v) is 12.4. The summed E-state index contributed by atoms with van der Waals surface area (Å²) in [5.41, 5.74) is 0.648. The molecule has 194 valence electrons. The van der Waals surface area contributed by atoms with Crippen LogP contribution in [0.25, 0.3) is 0 Å². The Hall–Kier alpha value is -3.35. The number of piperidine rings is 1. The van der Waals surface area contributed by atoms with Gasteiger partial charge in [-0.2, -0.15) is 0 Å². The molecular weight excluding hydrogens is 458 g/mol. The van der Waals surface area contributed by atoms with Crippen LogP contribution in [0, 0.1) is 11.3 Å². The van der Waals surface area contributed by atoms with E-state index in [1.807, 2.05) is 88.4 Å². The number of carbonyl (C=O) groups excluding carboxylic acids is 3. The third kappa shape index (κ3) is 8.11. The van der Waals surface area contributed by atoms with E-state index in [4.69, 9.17) is 14.2 Å². The zero-order valence-electron chi connectivity index (χ0n) is 21.7. The SMILES string of the molecule is CC(C)(C)OC(=O)N1CCC(C)(C(CC(=O)OCc2ccccc2)C(=O)OCc2ccccc2)CC1. The molecule has 0 aromatic heterocycles. The van der Waals surface area contributed by atoms with E-state index in [-0.39, 0.29) is 25.7 Å². The molecule has 36 heavy (non-hydrogen) atoms. The fourth-order valence-electron chi connectivity index (χ4n) is 4.28. The highest BCUT2D eigenvalue weighted by molar-refractivity contribution is 5.81. The van der Waals surface area contributed by atoms with Crippen LogP contribution < -0.4 is 0 Å². The Balaban J connectivity index is 1.67. The average Bonchev–Trinajstić information content (AvgIpc) is 2.85. The zero-order chi connectivity index (χ0) is 26.2. The van der Waals surface area contributed by atoms with Crippen molar-refractivity contribution in [3.05, 3.63) is 71.8 Å². The first-order chi connectivity index (χ1) is 17.1. The van der Waals surface area contributed by atoms with Gasteiger partial charge in [0.15, 0.2) is 0 Å². The Kier molecular flexibility index (Phi) is 9.13. The summed E-state index contributed by atoms with van der Waals surface area (Å²) in [6.07, 6.45) is 0.644. The van der Waals surface area contributed by atoms with Crippen molar-refractivity contribution in [3.63, 3.8) is 0 Å². The van der Waals surface area contributed by atoms with Crippen molar-refractivity contribution >= 4 is 18.0 Å². The van der Waals surface area contributed by atoms with Crippen LogP contribution in [0.4, 0.5) is 4.79 Å². The third-order valence-corrected chi connectivity index (χ3v) is 6.52. The van der Waals surface area contributed by atoms with Crippen LogP contribution in [0.3, 0.4) is 0 Å². The average molecular weight is 496 g/mol. The van der Waals surface area contributed by atoms with Crippen LogP contribution in [0.5, 0.6) is 0 Å². The third-order valence-electron chi connectivity index (χ3n) is 6.52. The Morgan fingerprint density at radius 3 is 1.86 bits per heavy atom. The molecule has 1 saturated heterocycles. The number of esters is 2. The standard InChI is InChI=1S/C29H37NO6/c1-28(2,3)36-27(33)30-17-15-29(4,16-18-30)24(26(32)35-21-23-13-9-6-10-14-23)19-25(31)34-20-22-11-7-5-8-12-22/h5-14,24H,15-21H2,1-4H3. The number of hydrogen-bond acceptors (Lipinski definition) is 6. The quantitative estimate of drug-likeness (QED) is 0.354. The van der Waals surface area contributed by atoms with Gasteiger partial charge < -0.3 is 19.1 Å². The number of ether oxygens (including phenoxy) is 3. The summed E-state index contributed by atoms with van der Waals surface area (Å²) < 4.78 is 16.7. The monoisotopic (exact) mass is 495 g/mol. The van der Waals surface area contributed by atoms with Crippen molar-refractivity contribution < 1.29 is 28.6 Å². The van der Waals surface area contributed by atoms with Gasteiger partial charge in [0.1, 0.15) is 18.8 Å². The van der Waals surface area contributed by atoms with E-state index in [1.54, 1.807) is 4.90 Å². The van der Waals surface area contributed by atoms with Gasteiger partial charge in [-0.25, -0.2) is 4.79 Å². The smallest absolute Gasteiger partial charge is 0.410 e. The number of hydrogen-bond donors (Lipinski definition) is 0. The van der Waals surface area contributed by atoms with Crippen LogP contribution in [0.15, 0.2) is 60.7 Å². The van der Waals surface area contributed by atoms with Crippen molar-refractivity contribution in [1.29, 1.82) is 0 Å². The maximum atomic E-state index is 13.3. The van der Waals surface area contributed by atoms with Crippen LogP contribution in [-0.4, -0.2) is 41.6 Å². The van der Waals surface area contributed by atoms with Gasteiger partial charge >= 0.3 is 18.0 Å². The predicted octanol–water partition coefficient (Wildman–Crippen LogP) is 5.52. The van der Waals surface area contributed by atoms with Crippen LogP contribution >= 0.6 is 0 Å². The number of rotatable bonds is 8. The maximum Gasteiger partial charge on any atom is 0.410 e. The molecule has 1 aliphatic rings. The second-order valence-corrected chi connectivity index (χ2v) is 10.6. The molecule has 0 saturated carbocycles. The lowest BCUT2D eigenvalue weighted by Crippen LogP contribution is -2.48. The van der Waals surface area contributed by atoms with E-state index in [0.29, 0.717) is 25.9 Å². The summed E-state index contributed by atoms with van der Waals surface area (Å²) in [7, 11) is 0. The highest BCUT2D eigenvalue weighted by Gasteiger charge is 2.44. The molecule has 1 amide bonds. The van der Waals surface area contributed by atoms with Gasteiger partial charge in [-0.1, -0.05) is 67.6 Å². The van der Waals surface area contributed by atoms with Gasteiger partial charge in [-0.05, 0) is 50.2 Å². The number of amides is 1. The molecule has 3 rings (SSSR count). The Bertz CT molecular complexity index is 1010. The van der Waals surface area contributed by atoms with E-state index >= 15 is 0 Å². The van der Waals surface area contributed by atoms with Gasteiger partial charge in [0.2, 0.25) is 0 Å². The lowest BCUT2D eigenvalue weighted by molar-refractivity contribution is -0.163. The van der Waals surface area contributed by atoms with Crippen LogP contribution in [0.1, 0.15) is 58.1 Å². The molecule has 0 aliphatic carbocycles. The minimum atomic E-state index is -0.690. The molecule has 1 atom stereocenters. The van der Waals surface area contributed by atoms with Crippen molar-refractivity contribution in [2.24, 2.45) is 11.3 Å². The minimum absolute atomic E-state index is 0.0800. The first-order valence-electron chi connectivity index (χ1n) is 12.4. The largest absolute Gasteiger partial charge is 0.461 e. The Labute approximate surface area is 213 Å². The zero-order valence-corrected chi connectivity index (χ0v) is 21.7. The fraction of sp³-hybridized carbons (Fsp3) is 0.483.